The number of hydrogen-bond donors (Lipinski definition) is 0. The van der Waals surface area contributed by atoms with Crippen LogP contribution in [-0.2, 0) is 20.1 Å². The molecule has 0 aliphatic carbocycles. The van der Waals surface area contributed by atoms with Gasteiger partial charge in [-0.1, -0.05) is 36.2 Å². The van der Waals surface area contributed by atoms with Crippen LogP contribution in [-0.4, -0.2) is 20.0 Å². The summed E-state index contributed by atoms with van der Waals surface area (Å²) < 4.78 is 26.9. The number of halogens is 2. The van der Waals surface area contributed by atoms with Gasteiger partial charge in [-0.15, -0.1) is 48.0 Å². The SMILES string of the molecule is Fc1c[c-]c(-n2cccn2)c(F)c1.[Ir+3].[c-]1ccccc1-c1nnc(-c2ccccc2)[n-]1. The fraction of sp³-hybridized carbons (Fsp3) is 0. The molecule has 5 aromatic rings. The number of hydrogen-bond acceptors (Lipinski definition) is 3. The van der Waals surface area contributed by atoms with Crippen molar-refractivity contribution in [1.82, 2.24) is 25.0 Å². The summed E-state index contributed by atoms with van der Waals surface area (Å²) in [6, 6.07) is 26.5. The van der Waals surface area contributed by atoms with Gasteiger partial charge in [0.2, 0.25) is 0 Å². The normalized spacial score (nSPS) is 10.0. The number of benzene rings is 3. The molecule has 0 saturated heterocycles. The van der Waals surface area contributed by atoms with Gasteiger partial charge in [0.15, 0.2) is 0 Å². The Labute approximate surface area is 191 Å². The molecule has 0 atom stereocenters. The van der Waals surface area contributed by atoms with E-state index in [0.29, 0.717) is 11.6 Å². The molecule has 5 nitrogen and oxygen atoms in total. The fourth-order valence-corrected chi connectivity index (χ4v) is 2.61. The van der Waals surface area contributed by atoms with Gasteiger partial charge in [-0.2, -0.15) is 11.2 Å². The largest absolute Gasteiger partial charge is 3.00 e. The summed E-state index contributed by atoms with van der Waals surface area (Å²) in [5.41, 5.74) is 1.95. The van der Waals surface area contributed by atoms with Gasteiger partial charge >= 0.3 is 20.1 Å². The fourth-order valence-electron chi connectivity index (χ4n) is 2.61. The predicted molar refractivity (Wildman–Crippen MR) is 107 cm³/mol. The number of rotatable bonds is 3. The van der Waals surface area contributed by atoms with Gasteiger partial charge in [0.1, 0.15) is 0 Å². The molecule has 0 unspecified atom stereocenters. The van der Waals surface area contributed by atoms with Gasteiger partial charge in [-0.05, 0) is 17.3 Å². The molecule has 0 saturated carbocycles. The van der Waals surface area contributed by atoms with E-state index in [0.717, 1.165) is 23.3 Å². The Kier molecular flexibility index (Phi) is 7.54. The maximum Gasteiger partial charge on any atom is 3.00 e. The third-order valence-electron chi connectivity index (χ3n) is 4.00. The van der Waals surface area contributed by atoms with Crippen LogP contribution < -0.4 is 4.98 Å². The smallest absolute Gasteiger partial charge is 0.408 e. The average molecular weight is 591 g/mol. The quantitative estimate of drug-likeness (QED) is 0.290. The average Bonchev–Trinajstić information content (AvgIpc) is 3.48. The second-order valence-electron chi connectivity index (χ2n) is 6.07. The van der Waals surface area contributed by atoms with E-state index < -0.39 is 11.6 Å². The topological polar surface area (TPSA) is 57.7 Å². The first kappa shape index (κ1) is 22.2. The third kappa shape index (κ3) is 5.57. The van der Waals surface area contributed by atoms with Gasteiger partial charge in [-0.3, -0.25) is 13.5 Å². The van der Waals surface area contributed by atoms with Crippen LogP contribution in [0, 0.1) is 23.8 Å². The molecule has 0 radical (unpaired) electrons. The zero-order valence-corrected chi connectivity index (χ0v) is 18.3. The monoisotopic (exact) mass is 591 g/mol. The minimum absolute atomic E-state index is 0. The Balaban J connectivity index is 0.000000176. The molecule has 154 valence electrons. The number of aromatic nitrogens is 5. The van der Waals surface area contributed by atoms with Crippen LogP contribution in [0.1, 0.15) is 0 Å². The van der Waals surface area contributed by atoms with Gasteiger partial charge < -0.3 is 15.2 Å². The summed E-state index contributed by atoms with van der Waals surface area (Å²) in [6.07, 6.45) is 3.07. The molecular weight excluding hydrogens is 577 g/mol. The first-order chi connectivity index (χ1) is 14.7. The van der Waals surface area contributed by atoms with E-state index in [4.69, 9.17) is 0 Å². The van der Waals surface area contributed by atoms with Crippen molar-refractivity contribution in [2.45, 2.75) is 0 Å². The summed E-state index contributed by atoms with van der Waals surface area (Å²) >= 11 is 0. The van der Waals surface area contributed by atoms with Crippen LogP contribution in [0.2, 0.25) is 0 Å². The van der Waals surface area contributed by atoms with Gasteiger partial charge in [0, 0.05) is 29.9 Å². The van der Waals surface area contributed by atoms with Crippen molar-refractivity contribution in [2.75, 3.05) is 0 Å². The van der Waals surface area contributed by atoms with E-state index in [1.165, 1.54) is 10.9 Å². The van der Waals surface area contributed by atoms with E-state index in [9.17, 15) is 8.78 Å². The molecule has 2 aromatic heterocycles. The second kappa shape index (κ2) is 10.5. The van der Waals surface area contributed by atoms with Gasteiger partial charge in [0.25, 0.3) is 0 Å². The molecule has 31 heavy (non-hydrogen) atoms. The Morgan fingerprint density at radius 1 is 0.871 bits per heavy atom. The van der Waals surface area contributed by atoms with Gasteiger partial charge in [0.05, 0.1) is 0 Å². The van der Waals surface area contributed by atoms with Crippen LogP contribution in [0.4, 0.5) is 8.78 Å². The van der Waals surface area contributed by atoms with Crippen molar-refractivity contribution in [3.63, 3.8) is 0 Å². The summed E-state index contributed by atoms with van der Waals surface area (Å²) in [7, 11) is 0. The molecule has 8 heteroatoms. The Morgan fingerprint density at radius 2 is 1.65 bits per heavy atom. The Bertz CT molecular complexity index is 1160. The van der Waals surface area contributed by atoms with Crippen molar-refractivity contribution in [3.8, 4) is 28.5 Å². The first-order valence-electron chi connectivity index (χ1n) is 8.97. The Hall–Kier alpha value is -3.48. The molecular formula is C23H14F2IrN5. The maximum absolute atomic E-state index is 13.1. The molecule has 2 heterocycles. The summed E-state index contributed by atoms with van der Waals surface area (Å²) in [5.74, 6) is -0.0561. The molecule has 0 fully saturated rings. The Morgan fingerprint density at radius 3 is 2.32 bits per heavy atom. The summed E-state index contributed by atoms with van der Waals surface area (Å²) in [4.78, 5) is 4.40. The molecule has 0 spiro atoms. The maximum atomic E-state index is 13.1. The molecule has 0 N–H and O–H groups in total. The van der Waals surface area contributed by atoms with Crippen LogP contribution in [0.5, 0.6) is 0 Å². The van der Waals surface area contributed by atoms with E-state index in [1.54, 1.807) is 12.3 Å². The van der Waals surface area contributed by atoms with Crippen molar-refractivity contribution in [1.29, 1.82) is 0 Å². The van der Waals surface area contributed by atoms with Crippen LogP contribution in [0.15, 0.2) is 85.2 Å². The third-order valence-corrected chi connectivity index (χ3v) is 4.00. The number of nitrogens with zero attached hydrogens (tertiary/aromatic N) is 5. The molecule has 0 amide bonds. The predicted octanol–water partition coefficient (Wildman–Crippen LogP) is 4.52. The van der Waals surface area contributed by atoms with Crippen LogP contribution >= 0.6 is 0 Å². The van der Waals surface area contributed by atoms with Crippen molar-refractivity contribution < 1.29 is 28.9 Å². The molecule has 3 aromatic carbocycles. The summed E-state index contributed by atoms with van der Waals surface area (Å²) in [5, 5.41) is 12.0. The van der Waals surface area contributed by atoms with E-state index in [-0.39, 0.29) is 25.8 Å². The van der Waals surface area contributed by atoms with E-state index >= 15 is 0 Å². The van der Waals surface area contributed by atoms with Crippen LogP contribution in [0.25, 0.3) is 28.5 Å². The molecule has 0 aliphatic rings. The zero-order chi connectivity index (χ0) is 20.8. The van der Waals surface area contributed by atoms with Crippen molar-refractivity contribution in [3.05, 3.63) is 109 Å². The second-order valence-corrected chi connectivity index (χ2v) is 6.07. The van der Waals surface area contributed by atoms with Crippen molar-refractivity contribution in [2.24, 2.45) is 0 Å². The minimum Gasteiger partial charge on any atom is -0.408 e. The standard InChI is InChI=1S/C14H9N3.C9H5F2N2.Ir/c1-3-7-11(8-4-1)13-15-14(17-16-13)12-9-5-2-6-10-12;10-7-2-3-9(8(11)6-7)13-5-1-4-12-13;/h1-9H;1-2,4-6H;/q-2;-1;+3. The molecule has 0 bridgehead atoms. The van der Waals surface area contributed by atoms with E-state index in [1.807, 2.05) is 54.6 Å². The van der Waals surface area contributed by atoms with Gasteiger partial charge in [-0.25, -0.2) is 0 Å². The minimum atomic E-state index is -0.677. The molecule has 5 rings (SSSR count). The van der Waals surface area contributed by atoms with Crippen LogP contribution in [0.3, 0.4) is 0 Å². The first-order valence-corrected chi connectivity index (χ1v) is 8.97. The van der Waals surface area contributed by atoms with E-state index in [2.05, 4.69) is 32.4 Å². The molecule has 0 aliphatic heterocycles. The summed E-state index contributed by atoms with van der Waals surface area (Å²) in [6.45, 7) is 0. The zero-order valence-electron chi connectivity index (χ0n) is 15.9. The van der Waals surface area contributed by atoms with Crippen molar-refractivity contribution >= 4 is 0 Å².